The van der Waals surface area contributed by atoms with Gasteiger partial charge < -0.3 is 5.73 Å². The van der Waals surface area contributed by atoms with Crippen LogP contribution in [0.2, 0.25) is 5.02 Å². The number of aromatic nitrogens is 2. The van der Waals surface area contributed by atoms with E-state index in [2.05, 4.69) is 23.2 Å². The van der Waals surface area contributed by atoms with Crippen LogP contribution in [0.4, 0.5) is 0 Å². The molecule has 6 heteroatoms. The van der Waals surface area contributed by atoms with E-state index in [1.807, 2.05) is 19.1 Å². The van der Waals surface area contributed by atoms with Gasteiger partial charge in [0.05, 0.1) is 5.02 Å². The van der Waals surface area contributed by atoms with Crippen molar-refractivity contribution in [2.24, 2.45) is 5.73 Å². The zero-order valence-electron chi connectivity index (χ0n) is 10.9. The molecule has 0 radical (unpaired) electrons. The Balaban J connectivity index is 2.27. The van der Waals surface area contributed by atoms with Gasteiger partial charge in [0.1, 0.15) is 5.01 Å². The van der Waals surface area contributed by atoms with Crippen molar-refractivity contribution >= 4 is 34.7 Å². The lowest BCUT2D eigenvalue weighted by molar-refractivity contribution is 0.641. The fraction of sp³-hybridized carbons (Fsp3) is 0.385. The first-order valence-corrected chi connectivity index (χ1v) is 8.12. The van der Waals surface area contributed by atoms with Crippen LogP contribution in [0.15, 0.2) is 27.4 Å². The van der Waals surface area contributed by atoms with Gasteiger partial charge in [0.25, 0.3) is 0 Å². The van der Waals surface area contributed by atoms with E-state index >= 15 is 0 Å². The van der Waals surface area contributed by atoms with Crippen LogP contribution < -0.4 is 5.73 Å². The molecule has 1 aromatic heterocycles. The molecular weight excluding hydrogens is 298 g/mol. The maximum absolute atomic E-state index is 6.31. The van der Waals surface area contributed by atoms with Gasteiger partial charge in [-0.2, -0.15) is 0 Å². The summed E-state index contributed by atoms with van der Waals surface area (Å²) in [6.45, 7) is 4.04. The van der Waals surface area contributed by atoms with E-state index in [1.54, 1.807) is 23.1 Å². The van der Waals surface area contributed by atoms with Crippen LogP contribution in [0.5, 0.6) is 0 Å². The Bertz CT molecular complexity index is 557. The van der Waals surface area contributed by atoms with Gasteiger partial charge in [-0.25, -0.2) is 0 Å². The molecule has 0 saturated heterocycles. The summed E-state index contributed by atoms with van der Waals surface area (Å²) in [7, 11) is 0. The van der Waals surface area contributed by atoms with Crippen molar-refractivity contribution in [3.8, 4) is 0 Å². The van der Waals surface area contributed by atoms with Crippen LogP contribution in [0.3, 0.4) is 0 Å². The lowest BCUT2D eigenvalue weighted by atomic mass is 10.0. The minimum atomic E-state index is 0.161. The van der Waals surface area contributed by atoms with E-state index in [0.717, 1.165) is 32.1 Å². The average Bonchev–Trinajstić information content (AvgIpc) is 2.79. The zero-order valence-corrected chi connectivity index (χ0v) is 13.3. The van der Waals surface area contributed by atoms with Crippen molar-refractivity contribution in [2.75, 3.05) is 0 Å². The van der Waals surface area contributed by atoms with Gasteiger partial charge in [-0.3, -0.25) is 0 Å². The van der Waals surface area contributed by atoms with Gasteiger partial charge in [-0.15, -0.1) is 10.2 Å². The summed E-state index contributed by atoms with van der Waals surface area (Å²) in [5.41, 5.74) is 7.22. The molecule has 0 amide bonds. The monoisotopic (exact) mass is 313 g/mol. The predicted octanol–water partition coefficient (Wildman–Crippen LogP) is 3.93. The lowest BCUT2D eigenvalue weighted by Crippen LogP contribution is -2.21. The van der Waals surface area contributed by atoms with E-state index in [-0.39, 0.29) is 6.04 Å². The third kappa shape index (κ3) is 3.92. The molecule has 2 N–H and O–H groups in total. The second kappa shape index (κ2) is 6.70. The molecule has 0 aliphatic heterocycles. The molecule has 3 nitrogen and oxygen atoms in total. The lowest BCUT2D eigenvalue weighted by Gasteiger charge is -2.13. The standard InChI is InChI=1S/C13H16ClN3S2/c1-3-10(15)7-9-5-4-6-11(14)12(9)19-13-17-16-8(2)18-13/h4-6,10H,3,7,15H2,1-2H3. The Morgan fingerprint density at radius 1 is 1.42 bits per heavy atom. The number of nitrogens with zero attached hydrogens (tertiary/aromatic N) is 2. The summed E-state index contributed by atoms with van der Waals surface area (Å²) < 4.78 is 0.914. The summed E-state index contributed by atoms with van der Waals surface area (Å²) in [6, 6.07) is 6.11. The SMILES string of the molecule is CCC(N)Cc1cccc(Cl)c1Sc1nnc(C)s1. The van der Waals surface area contributed by atoms with Gasteiger partial charge in [-0.1, -0.05) is 53.8 Å². The summed E-state index contributed by atoms with van der Waals surface area (Å²) in [5.74, 6) is 0. The van der Waals surface area contributed by atoms with Crippen molar-refractivity contribution < 1.29 is 0 Å². The molecule has 0 bridgehead atoms. The van der Waals surface area contributed by atoms with E-state index < -0.39 is 0 Å². The highest BCUT2D eigenvalue weighted by Crippen LogP contribution is 2.37. The normalized spacial score (nSPS) is 12.6. The zero-order chi connectivity index (χ0) is 13.8. The second-order valence-electron chi connectivity index (χ2n) is 4.29. The van der Waals surface area contributed by atoms with Crippen LogP contribution in [0.25, 0.3) is 0 Å². The van der Waals surface area contributed by atoms with Gasteiger partial charge in [0.2, 0.25) is 0 Å². The summed E-state index contributed by atoms with van der Waals surface area (Å²) in [6.07, 6.45) is 1.78. The Kier molecular flexibility index (Phi) is 5.21. The van der Waals surface area contributed by atoms with E-state index in [1.165, 1.54) is 5.56 Å². The van der Waals surface area contributed by atoms with Crippen molar-refractivity contribution in [2.45, 2.75) is 42.0 Å². The molecular formula is C13H16ClN3S2. The number of hydrogen-bond donors (Lipinski definition) is 1. The second-order valence-corrected chi connectivity index (χ2v) is 7.14. The van der Waals surface area contributed by atoms with Gasteiger partial charge >= 0.3 is 0 Å². The van der Waals surface area contributed by atoms with E-state index in [4.69, 9.17) is 17.3 Å². The van der Waals surface area contributed by atoms with Crippen molar-refractivity contribution in [1.29, 1.82) is 0 Å². The smallest absolute Gasteiger partial charge is 0.179 e. The molecule has 1 atom stereocenters. The Morgan fingerprint density at radius 2 is 2.21 bits per heavy atom. The van der Waals surface area contributed by atoms with Crippen molar-refractivity contribution in [1.82, 2.24) is 10.2 Å². The van der Waals surface area contributed by atoms with Crippen LogP contribution in [-0.4, -0.2) is 16.2 Å². The molecule has 102 valence electrons. The first-order chi connectivity index (χ1) is 9.10. The highest BCUT2D eigenvalue weighted by molar-refractivity contribution is 8.01. The van der Waals surface area contributed by atoms with Crippen LogP contribution in [-0.2, 0) is 6.42 Å². The molecule has 0 aliphatic carbocycles. The minimum Gasteiger partial charge on any atom is -0.327 e. The first-order valence-electron chi connectivity index (χ1n) is 6.11. The average molecular weight is 314 g/mol. The fourth-order valence-corrected chi connectivity index (χ4v) is 3.87. The highest BCUT2D eigenvalue weighted by atomic mass is 35.5. The largest absolute Gasteiger partial charge is 0.327 e. The van der Waals surface area contributed by atoms with Gasteiger partial charge in [-0.05, 0) is 31.4 Å². The van der Waals surface area contributed by atoms with Crippen LogP contribution >= 0.6 is 34.7 Å². The number of aryl methyl sites for hydroxylation is 1. The molecule has 2 aromatic rings. The predicted molar refractivity (Wildman–Crippen MR) is 82.2 cm³/mol. The topological polar surface area (TPSA) is 51.8 Å². The molecule has 1 aromatic carbocycles. The van der Waals surface area contributed by atoms with Gasteiger partial charge in [0.15, 0.2) is 4.34 Å². The molecule has 1 unspecified atom stereocenters. The van der Waals surface area contributed by atoms with E-state index in [9.17, 15) is 0 Å². The third-order valence-corrected chi connectivity index (χ3v) is 5.25. The highest BCUT2D eigenvalue weighted by Gasteiger charge is 2.13. The maximum Gasteiger partial charge on any atom is 0.179 e. The summed E-state index contributed by atoms with van der Waals surface area (Å²) in [4.78, 5) is 1.05. The molecule has 0 fully saturated rings. The number of rotatable bonds is 5. The number of nitrogens with two attached hydrogens (primary N) is 1. The Morgan fingerprint density at radius 3 is 2.84 bits per heavy atom. The third-order valence-electron chi connectivity index (χ3n) is 2.75. The first kappa shape index (κ1) is 14.8. The summed E-state index contributed by atoms with van der Waals surface area (Å²) in [5, 5.41) is 9.87. The van der Waals surface area contributed by atoms with Crippen LogP contribution in [0, 0.1) is 6.92 Å². The number of halogens is 1. The quantitative estimate of drug-likeness (QED) is 0.908. The molecule has 2 rings (SSSR count). The number of hydrogen-bond acceptors (Lipinski definition) is 5. The number of benzene rings is 1. The minimum absolute atomic E-state index is 0.161. The van der Waals surface area contributed by atoms with Crippen LogP contribution in [0.1, 0.15) is 23.9 Å². The summed E-state index contributed by atoms with van der Waals surface area (Å²) >= 11 is 9.45. The molecule has 0 aliphatic rings. The molecule has 19 heavy (non-hydrogen) atoms. The van der Waals surface area contributed by atoms with Crippen molar-refractivity contribution in [3.05, 3.63) is 33.8 Å². The Labute approximate surface area is 126 Å². The maximum atomic E-state index is 6.31. The fourth-order valence-electron chi connectivity index (χ4n) is 1.66. The molecule has 0 spiro atoms. The molecule has 1 heterocycles. The Hall–Kier alpha value is -0.620. The molecule has 0 saturated carbocycles. The van der Waals surface area contributed by atoms with Crippen molar-refractivity contribution in [3.63, 3.8) is 0 Å². The van der Waals surface area contributed by atoms with Gasteiger partial charge in [0, 0.05) is 10.9 Å². The van der Waals surface area contributed by atoms with E-state index in [0.29, 0.717) is 0 Å².